The summed E-state index contributed by atoms with van der Waals surface area (Å²) in [7, 11) is -2.53. The normalized spacial score (nSPS) is 20.8. The lowest BCUT2D eigenvalue weighted by molar-refractivity contribution is 0.278. The Kier molecular flexibility index (Phi) is 5.43. The summed E-state index contributed by atoms with van der Waals surface area (Å²) in [4.78, 5) is 13.3. The number of hydrogen-bond acceptors (Lipinski definition) is 5. The third-order valence-corrected chi connectivity index (χ3v) is 8.27. The van der Waals surface area contributed by atoms with Crippen LogP contribution in [0.2, 0.25) is 0 Å². The molecule has 0 aliphatic heterocycles. The summed E-state index contributed by atoms with van der Waals surface area (Å²) in [6, 6.07) is 14.0. The second-order valence-corrected chi connectivity index (χ2v) is 10.9. The highest BCUT2D eigenvalue weighted by Gasteiger charge is 2.27. The molecule has 1 unspecified atom stereocenters. The second kappa shape index (κ2) is 8.40. The maximum absolute atomic E-state index is 13.3. The molecule has 3 aromatic heterocycles. The number of nitrogens with zero attached hydrogens (tertiary/aromatic N) is 5. The van der Waals surface area contributed by atoms with Gasteiger partial charge in [0.05, 0.1) is 27.5 Å². The zero-order chi connectivity index (χ0) is 22.1. The Morgan fingerprint density at radius 1 is 1.22 bits per heavy atom. The summed E-state index contributed by atoms with van der Waals surface area (Å²) in [5.74, 6) is 1.30. The van der Waals surface area contributed by atoms with E-state index in [1.54, 1.807) is 12.5 Å². The van der Waals surface area contributed by atoms with Gasteiger partial charge in [0.2, 0.25) is 0 Å². The van der Waals surface area contributed by atoms with E-state index < -0.39 is 9.73 Å². The largest absolute Gasteiger partial charge is 0.346 e. The van der Waals surface area contributed by atoms with Crippen molar-refractivity contribution in [3.05, 3.63) is 54.6 Å². The quantitative estimate of drug-likeness (QED) is 0.454. The van der Waals surface area contributed by atoms with Gasteiger partial charge in [0, 0.05) is 35.2 Å². The zero-order valence-corrected chi connectivity index (χ0v) is 18.9. The predicted molar refractivity (Wildman–Crippen MR) is 126 cm³/mol. The Morgan fingerprint density at radius 3 is 2.75 bits per heavy atom. The average Bonchev–Trinajstić information content (AvgIpc) is 3.43. The molecule has 3 heterocycles. The number of benzene rings is 1. The molecule has 0 bridgehead atoms. The number of fused-ring (bicyclic) bond motifs is 3. The van der Waals surface area contributed by atoms with Crippen LogP contribution in [0.15, 0.2) is 58.1 Å². The third kappa shape index (κ3) is 3.78. The Balaban J connectivity index is 1.58. The van der Waals surface area contributed by atoms with Crippen LogP contribution in [0.3, 0.4) is 0 Å². The van der Waals surface area contributed by atoms with E-state index in [2.05, 4.69) is 25.0 Å². The maximum Gasteiger partial charge on any atom is 0.139 e. The van der Waals surface area contributed by atoms with Crippen molar-refractivity contribution in [1.82, 2.24) is 19.5 Å². The van der Waals surface area contributed by atoms with Gasteiger partial charge in [-0.25, -0.2) is 18.5 Å². The first-order valence-electron chi connectivity index (χ1n) is 11.0. The number of nitriles is 1. The SMILES string of the molecule is CS(=O)(=NCc1nc2cnc3[nH]ccc3c2n1C1CCC(CC#N)CC1)c1ccccc1. The van der Waals surface area contributed by atoms with Crippen LogP contribution in [-0.2, 0) is 16.3 Å². The molecule has 1 aromatic carbocycles. The van der Waals surface area contributed by atoms with Gasteiger partial charge in [0.25, 0.3) is 0 Å². The summed E-state index contributed by atoms with van der Waals surface area (Å²) in [6.45, 7) is 0.281. The molecule has 32 heavy (non-hydrogen) atoms. The van der Waals surface area contributed by atoms with Crippen LogP contribution in [0.4, 0.5) is 0 Å². The van der Waals surface area contributed by atoms with E-state index in [9.17, 15) is 4.21 Å². The topological polar surface area (TPSA) is 99.7 Å². The number of pyridine rings is 1. The summed E-state index contributed by atoms with van der Waals surface area (Å²) in [6.07, 6.45) is 10.1. The number of hydrogen-bond donors (Lipinski definition) is 1. The van der Waals surface area contributed by atoms with Gasteiger partial charge in [0.15, 0.2) is 0 Å². The lowest BCUT2D eigenvalue weighted by Gasteiger charge is -2.29. The Labute approximate surface area is 187 Å². The summed E-state index contributed by atoms with van der Waals surface area (Å²) < 4.78 is 20.2. The average molecular weight is 447 g/mol. The highest BCUT2D eigenvalue weighted by molar-refractivity contribution is 7.93. The van der Waals surface area contributed by atoms with Crippen molar-refractivity contribution in [1.29, 1.82) is 5.26 Å². The molecule has 0 spiro atoms. The smallest absolute Gasteiger partial charge is 0.139 e. The highest BCUT2D eigenvalue weighted by atomic mass is 32.2. The molecule has 1 atom stereocenters. The molecule has 0 amide bonds. The number of nitrogens with one attached hydrogen (secondary N) is 1. The van der Waals surface area contributed by atoms with Crippen molar-refractivity contribution in [2.75, 3.05) is 6.26 Å². The van der Waals surface area contributed by atoms with E-state index in [4.69, 9.17) is 10.2 Å². The van der Waals surface area contributed by atoms with Gasteiger partial charge < -0.3 is 9.55 Å². The van der Waals surface area contributed by atoms with Crippen LogP contribution in [-0.4, -0.2) is 30.0 Å². The van der Waals surface area contributed by atoms with Crippen molar-refractivity contribution < 1.29 is 4.21 Å². The minimum Gasteiger partial charge on any atom is -0.346 e. The second-order valence-electron chi connectivity index (χ2n) is 8.57. The van der Waals surface area contributed by atoms with E-state index >= 15 is 0 Å². The van der Waals surface area contributed by atoms with Crippen molar-refractivity contribution in [2.24, 2.45) is 10.3 Å². The van der Waals surface area contributed by atoms with E-state index in [0.29, 0.717) is 12.3 Å². The standard InChI is InChI=1S/C24H26N6OS/c1-32(31,19-5-3-2-4-6-19)28-16-22-29-21-15-27-24-20(12-14-26-24)23(21)30(22)18-9-7-17(8-10-18)11-13-25/h2-6,12,14-15,17-18H,7-11,16H2,1H3,(H,26,27). The monoisotopic (exact) mass is 446 g/mol. The molecule has 0 radical (unpaired) electrons. The fourth-order valence-electron chi connectivity index (χ4n) is 4.81. The molecule has 1 aliphatic carbocycles. The lowest BCUT2D eigenvalue weighted by atomic mass is 9.84. The molecule has 4 aromatic rings. The summed E-state index contributed by atoms with van der Waals surface area (Å²) in [5.41, 5.74) is 2.74. The molecular formula is C24H26N6OS. The molecule has 1 aliphatic rings. The van der Waals surface area contributed by atoms with Gasteiger partial charge in [-0.2, -0.15) is 5.26 Å². The molecule has 164 valence electrons. The van der Waals surface area contributed by atoms with Crippen molar-refractivity contribution >= 4 is 31.8 Å². The molecular weight excluding hydrogens is 420 g/mol. The molecule has 1 N–H and O–H groups in total. The van der Waals surface area contributed by atoms with Gasteiger partial charge in [-0.15, -0.1) is 0 Å². The van der Waals surface area contributed by atoms with Gasteiger partial charge in [-0.1, -0.05) is 18.2 Å². The minimum atomic E-state index is -2.53. The van der Waals surface area contributed by atoms with E-state index in [1.807, 2.05) is 42.6 Å². The lowest BCUT2D eigenvalue weighted by Crippen LogP contribution is -2.20. The van der Waals surface area contributed by atoms with E-state index in [0.717, 1.165) is 58.5 Å². The fourth-order valence-corrected chi connectivity index (χ4v) is 5.98. The maximum atomic E-state index is 13.3. The van der Waals surface area contributed by atoms with E-state index in [-0.39, 0.29) is 12.6 Å². The van der Waals surface area contributed by atoms with Gasteiger partial charge in [-0.3, -0.25) is 0 Å². The first-order valence-corrected chi connectivity index (χ1v) is 12.9. The van der Waals surface area contributed by atoms with Gasteiger partial charge in [0.1, 0.15) is 23.5 Å². The Bertz CT molecular complexity index is 1410. The van der Waals surface area contributed by atoms with Gasteiger partial charge >= 0.3 is 0 Å². The number of imidazole rings is 1. The van der Waals surface area contributed by atoms with Crippen LogP contribution < -0.4 is 0 Å². The zero-order valence-electron chi connectivity index (χ0n) is 18.1. The number of H-pyrrole nitrogens is 1. The van der Waals surface area contributed by atoms with Crippen LogP contribution in [0.1, 0.15) is 44.0 Å². The number of aromatic nitrogens is 4. The first kappa shape index (κ1) is 20.7. The molecule has 1 fully saturated rings. The predicted octanol–water partition coefficient (Wildman–Crippen LogP) is 5.21. The van der Waals surface area contributed by atoms with Crippen LogP contribution in [0, 0.1) is 17.2 Å². The Hall–Kier alpha value is -3.18. The summed E-state index contributed by atoms with van der Waals surface area (Å²) >= 11 is 0. The van der Waals surface area contributed by atoms with Crippen LogP contribution in [0.25, 0.3) is 22.1 Å². The van der Waals surface area contributed by atoms with Crippen molar-refractivity contribution in [2.45, 2.75) is 49.6 Å². The van der Waals surface area contributed by atoms with Crippen LogP contribution in [0.5, 0.6) is 0 Å². The van der Waals surface area contributed by atoms with Gasteiger partial charge in [-0.05, 0) is 49.8 Å². The third-order valence-electron chi connectivity index (χ3n) is 6.50. The summed E-state index contributed by atoms with van der Waals surface area (Å²) in [5, 5.41) is 10.1. The minimum absolute atomic E-state index is 0.281. The molecule has 7 nitrogen and oxygen atoms in total. The van der Waals surface area contributed by atoms with Crippen molar-refractivity contribution in [3.63, 3.8) is 0 Å². The molecule has 1 saturated carbocycles. The molecule has 5 rings (SSSR count). The van der Waals surface area contributed by atoms with Crippen molar-refractivity contribution in [3.8, 4) is 6.07 Å². The Morgan fingerprint density at radius 2 is 2.00 bits per heavy atom. The fraction of sp³-hybridized carbons (Fsp3) is 0.375. The first-order chi connectivity index (χ1) is 15.6. The highest BCUT2D eigenvalue weighted by Crippen LogP contribution is 2.38. The number of aromatic amines is 1. The molecule has 8 heteroatoms. The molecule has 0 saturated heterocycles. The van der Waals surface area contributed by atoms with Crippen LogP contribution >= 0.6 is 0 Å². The van der Waals surface area contributed by atoms with E-state index in [1.165, 1.54) is 0 Å². The number of rotatable bonds is 5.